The first-order valence-corrected chi connectivity index (χ1v) is 9.36. The molecule has 0 bridgehead atoms. The topological polar surface area (TPSA) is 50.2 Å². The summed E-state index contributed by atoms with van der Waals surface area (Å²) in [5, 5.41) is 9.33. The average molecular weight is 370 g/mol. The molecular weight excluding hydrogens is 351 g/mol. The largest absolute Gasteiger partial charge is 0.349 e. The van der Waals surface area contributed by atoms with Gasteiger partial charge in [0.1, 0.15) is 11.9 Å². The molecule has 5 nitrogen and oxygen atoms in total. The highest BCUT2D eigenvalue weighted by Crippen LogP contribution is 2.22. The number of halogens is 1. The van der Waals surface area contributed by atoms with E-state index < -0.39 is 0 Å². The van der Waals surface area contributed by atoms with Crippen LogP contribution in [0.3, 0.4) is 0 Å². The summed E-state index contributed by atoms with van der Waals surface area (Å²) in [4.78, 5) is 16.0. The van der Waals surface area contributed by atoms with Crippen molar-refractivity contribution in [1.82, 2.24) is 20.0 Å². The molecule has 1 atom stereocenters. The van der Waals surface area contributed by atoms with Gasteiger partial charge in [-0.1, -0.05) is 18.2 Å². The quantitative estimate of drug-likeness (QED) is 0.751. The van der Waals surface area contributed by atoms with E-state index in [-0.39, 0.29) is 17.8 Å². The number of carbonyl (C=O) groups is 1. The number of rotatable bonds is 5. The van der Waals surface area contributed by atoms with Crippen molar-refractivity contribution in [2.75, 3.05) is 6.54 Å². The standard InChI is InChI=1S/C19H19FN4OS/c20-15-4-1-3-14(9-15)11-23-12-16-6-7-22-24(16)18(13-23)19(25)21-10-17-5-2-8-26-17/h1-9,18H,10-13H2,(H,21,25). The van der Waals surface area contributed by atoms with E-state index in [1.807, 2.05) is 29.6 Å². The van der Waals surface area contributed by atoms with Crippen molar-refractivity contribution >= 4 is 17.2 Å². The molecule has 1 aliphatic heterocycles. The molecule has 0 aliphatic carbocycles. The summed E-state index contributed by atoms with van der Waals surface area (Å²) in [7, 11) is 0. The van der Waals surface area contributed by atoms with Crippen LogP contribution in [0.4, 0.5) is 4.39 Å². The molecular formula is C19H19FN4OS. The number of aromatic nitrogens is 2. The number of fused-ring (bicyclic) bond motifs is 1. The molecule has 1 N–H and O–H groups in total. The van der Waals surface area contributed by atoms with E-state index in [0.29, 0.717) is 26.2 Å². The van der Waals surface area contributed by atoms with Gasteiger partial charge in [-0.05, 0) is 35.2 Å². The first-order chi connectivity index (χ1) is 12.7. The first-order valence-electron chi connectivity index (χ1n) is 8.48. The zero-order valence-electron chi connectivity index (χ0n) is 14.1. The van der Waals surface area contributed by atoms with E-state index in [9.17, 15) is 9.18 Å². The fraction of sp³-hybridized carbons (Fsp3) is 0.263. The maximum absolute atomic E-state index is 13.5. The third-order valence-corrected chi connectivity index (χ3v) is 5.36. The van der Waals surface area contributed by atoms with Crippen LogP contribution in [0, 0.1) is 5.82 Å². The van der Waals surface area contributed by atoms with Crippen LogP contribution in [0.25, 0.3) is 0 Å². The molecule has 26 heavy (non-hydrogen) atoms. The molecule has 1 unspecified atom stereocenters. The molecule has 0 fully saturated rings. The van der Waals surface area contributed by atoms with Crippen LogP contribution in [0.15, 0.2) is 54.0 Å². The lowest BCUT2D eigenvalue weighted by Crippen LogP contribution is -2.44. The van der Waals surface area contributed by atoms with Crippen LogP contribution in [0.5, 0.6) is 0 Å². The third kappa shape index (κ3) is 3.68. The summed E-state index contributed by atoms with van der Waals surface area (Å²) in [5.41, 5.74) is 1.89. The Bertz CT molecular complexity index is 893. The van der Waals surface area contributed by atoms with E-state index in [4.69, 9.17) is 0 Å². The van der Waals surface area contributed by atoms with Gasteiger partial charge in [0.2, 0.25) is 5.91 Å². The molecule has 0 saturated heterocycles. The van der Waals surface area contributed by atoms with Crippen molar-refractivity contribution in [3.8, 4) is 0 Å². The Labute approximate surface area is 155 Å². The van der Waals surface area contributed by atoms with Crippen LogP contribution >= 0.6 is 11.3 Å². The molecule has 3 aromatic rings. The highest BCUT2D eigenvalue weighted by Gasteiger charge is 2.30. The predicted octanol–water partition coefficient (Wildman–Crippen LogP) is 2.96. The van der Waals surface area contributed by atoms with Gasteiger partial charge in [0.15, 0.2) is 0 Å². The van der Waals surface area contributed by atoms with Crippen LogP contribution in [-0.2, 0) is 24.4 Å². The molecule has 1 aromatic carbocycles. The Morgan fingerprint density at radius 2 is 2.23 bits per heavy atom. The molecule has 0 spiro atoms. The number of nitrogens with zero attached hydrogens (tertiary/aromatic N) is 3. The molecule has 1 aliphatic rings. The summed E-state index contributed by atoms with van der Waals surface area (Å²) >= 11 is 1.62. The normalized spacial score (nSPS) is 17.0. The summed E-state index contributed by atoms with van der Waals surface area (Å²) in [6, 6.07) is 12.1. The lowest BCUT2D eigenvalue weighted by molar-refractivity contribution is -0.126. The van der Waals surface area contributed by atoms with Crippen LogP contribution in [0.2, 0.25) is 0 Å². The van der Waals surface area contributed by atoms with Gasteiger partial charge in [-0.25, -0.2) is 4.39 Å². The number of thiophene rings is 1. The Hall–Kier alpha value is -2.51. The highest BCUT2D eigenvalue weighted by atomic mass is 32.1. The molecule has 4 rings (SSSR count). The van der Waals surface area contributed by atoms with Crippen molar-refractivity contribution in [3.63, 3.8) is 0 Å². The fourth-order valence-electron chi connectivity index (χ4n) is 3.28. The molecule has 2 aromatic heterocycles. The zero-order chi connectivity index (χ0) is 17.9. The fourth-order valence-corrected chi connectivity index (χ4v) is 3.92. The molecule has 0 radical (unpaired) electrons. The van der Waals surface area contributed by atoms with Crippen molar-refractivity contribution in [2.45, 2.75) is 25.7 Å². The molecule has 7 heteroatoms. The minimum absolute atomic E-state index is 0.0488. The second kappa shape index (κ2) is 7.39. The van der Waals surface area contributed by atoms with Crippen LogP contribution in [-0.4, -0.2) is 27.1 Å². The van der Waals surface area contributed by atoms with Gasteiger partial charge in [-0.3, -0.25) is 14.4 Å². The zero-order valence-corrected chi connectivity index (χ0v) is 15.0. The van der Waals surface area contributed by atoms with Gasteiger partial charge in [-0.2, -0.15) is 5.10 Å². The molecule has 134 valence electrons. The number of hydrogen-bond acceptors (Lipinski definition) is 4. The second-order valence-electron chi connectivity index (χ2n) is 6.38. The number of amides is 1. The minimum Gasteiger partial charge on any atom is -0.349 e. The maximum atomic E-state index is 13.5. The van der Waals surface area contributed by atoms with Crippen LogP contribution < -0.4 is 5.32 Å². The van der Waals surface area contributed by atoms with Gasteiger partial charge < -0.3 is 5.32 Å². The number of nitrogens with one attached hydrogen (secondary N) is 1. The summed E-state index contributed by atoms with van der Waals surface area (Å²) in [6.45, 7) is 2.35. The predicted molar refractivity (Wildman–Crippen MR) is 97.9 cm³/mol. The summed E-state index contributed by atoms with van der Waals surface area (Å²) in [5.74, 6) is -0.290. The summed E-state index contributed by atoms with van der Waals surface area (Å²) in [6.07, 6.45) is 1.72. The van der Waals surface area contributed by atoms with Gasteiger partial charge in [0.05, 0.1) is 12.2 Å². The van der Waals surface area contributed by atoms with Gasteiger partial charge in [0.25, 0.3) is 0 Å². The van der Waals surface area contributed by atoms with Crippen molar-refractivity contribution in [2.24, 2.45) is 0 Å². The third-order valence-electron chi connectivity index (χ3n) is 4.48. The summed E-state index contributed by atoms with van der Waals surface area (Å²) < 4.78 is 15.3. The van der Waals surface area contributed by atoms with Gasteiger partial charge in [0, 0.05) is 30.7 Å². The molecule has 1 amide bonds. The van der Waals surface area contributed by atoms with Crippen LogP contribution in [0.1, 0.15) is 22.2 Å². The van der Waals surface area contributed by atoms with E-state index in [1.54, 1.807) is 28.3 Å². The van der Waals surface area contributed by atoms with Gasteiger partial charge in [-0.15, -0.1) is 11.3 Å². The highest BCUT2D eigenvalue weighted by molar-refractivity contribution is 7.09. The number of carbonyl (C=O) groups excluding carboxylic acids is 1. The maximum Gasteiger partial charge on any atom is 0.246 e. The Morgan fingerprint density at radius 3 is 3.04 bits per heavy atom. The lowest BCUT2D eigenvalue weighted by Gasteiger charge is -2.33. The first kappa shape index (κ1) is 16.9. The molecule has 0 saturated carbocycles. The minimum atomic E-state index is -0.387. The van der Waals surface area contributed by atoms with E-state index in [0.717, 1.165) is 16.1 Å². The Morgan fingerprint density at radius 1 is 1.31 bits per heavy atom. The van der Waals surface area contributed by atoms with Gasteiger partial charge >= 0.3 is 0 Å². The Balaban J connectivity index is 1.48. The SMILES string of the molecule is O=C(NCc1cccs1)C1CN(Cc2cccc(F)c2)Cc2ccnn21. The van der Waals surface area contributed by atoms with E-state index in [1.165, 1.54) is 12.1 Å². The Kier molecular flexibility index (Phi) is 4.81. The lowest BCUT2D eigenvalue weighted by atomic mass is 10.1. The molecule has 3 heterocycles. The monoisotopic (exact) mass is 370 g/mol. The van der Waals surface area contributed by atoms with E-state index >= 15 is 0 Å². The van der Waals surface area contributed by atoms with Crippen molar-refractivity contribution < 1.29 is 9.18 Å². The van der Waals surface area contributed by atoms with E-state index in [2.05, 4.69) is 15.3 Å². The second-order valence-corrected chi connectivity index (χ2v) is 7.41. The average Bonchev–Trinajstić information content (AvgIpc) is 3.30. The number of benzene rings is 1. The number of hydrogen-bond donors (Lipinski definition) is 1. The van der Waals surface area contributed by atoms with Crippen molar-refractivity contribution in [3.05, 3.63) is 76.0 Å². The van der Waals surface area contributed by atoms with Crippen molar-refractivity contribution in [1.29, 1.82) is 0 Å². The smallest absolute Gasteiger partial charge is 0.246 e.